The van der Waals surface area contributed by atoms with E-state index in [9.17, 15) is 19.8 Å². The van der Waals surface area contributed by atoms with Gasteiger partial charge >= 0.3 is 5.97 Å². The highest BCUT2D eigenvalue weighted by Gasteiger charge is 2.45. The van der Waals surface area contributed by atoms with Gasteiger partial charge in [-0.15, -0.1) is 0 Å². The van der Waals surface area contributed by atoms with Crippen molar-refractivity contribution in [2.75, 3.05) is 23.4 Å². The minimum absolute atomic E-state index is 0.116. The van der Waals surface area contributed by atoms with E-state index in [1.165, 1.54) is 6.07 Å². The first-order valence-corrected chi connectivity index (χ1v) is 8.70. The number of aliphatic hydroxyl groups is 1. The van der Waals surface area contributed by atoms with Gasteiger partial charge in [0.1, 0.15) is 0 Å². The molecule has 0 bridgehead atoms. The molecule has 0 aliphatic carbocycles. The second kappa shape index (κ2) is 7.84. The molecule has 5 N–H and O–H groups in total. The zero-order valence-electron chi connectivity index (χ0n) is 14.8. The molecule has 0 aromatic heterocycles. The maximum absolute atomic E-state index is 12.5. The van der Waals surface area contributed by atoms with Crippen LogP contribution in [0.4, 0.5) is 11.4 Å². The first kappa shape index (κ1) is 19.2. The first-order valence-electron chi connectivity index (χ1n) is 8.70. The standard InChI is InChI=1S/C18H27N3O4/c1-3-13(4-2)20-14-9-12(17(24)25)5-6-15(14)21-16(23)7-8-18(21,10-19)11-22/h5-6,9,13,20,22H,3-4,7-8,10-11,19H2,1-2H3,(H,24,25). The van der Waals surface area contributed by atoms with Crippen LogP contribution in [-0.2, 0) is 4.79 Å². The summed E-state index contributed by atoms with van der Waals surface area (Å²) in [5.41, 5.74) is 6.33. The molecule has 1 aromatic carbocycles. The van der Waals surface area contributed by atoms with Gasteiger partial charge in [0.05, 0.1) is 29.1 Å². The Morgan fingerprint density at radius 1 is 1.40 bits per heavy atom. The molecular formula is C18H27N3O4. The Bertz CT molecular complexity index is 639. The Morgan fingerprint density at radius 3 is 2.60 bits per heavy atom. The van der Waals surface area contributed by atoms with Crippen molar-refractivity contribution in [2.24, 2.45) is 5.73 Å². The molecular weight excluding hydrogens is 322 g/mol. The number of nitrogens with zero attached hydrogens (tertiary/aromatic N) is 1. The van der Waals surface area contributed by atoms with E-state index in [1.54, 1.807) is 17.0 Å². The van der Waals surface area contributed by atoms with Crippen molar-refractivity contribution in [1.82, 2.24) is 0 Å². The summed E-state index contributed by atoms with van der Waals surface area (Å²) >= 11 is 0. The summed E-state index contributed by atoms with van der Waals surface area (Å²) in [6.45, 7) is 3.99. The zero-order valence-corrected chi connectivity index (χ0v) is 14.8. The first-order chi connectivity index (χ1) is 11.9. The van der Waals surface area contributed by atoms with Gasteiger partial charge in [-0.1, -0.05) is 13.8 Å². The van der Waals surface area contributed by atoms with Crippen molar-refractivity contribution in [3.63, 3.8) is 0 Å². The Kier molecular flexibility index (Phi) is 6.02. The van der Waals surface area contributed by atoms with Crippen LogP contribution < -0.4 is 16.0 Å². The third-order valence-electron chi connectivity index (χ3n) is 5.03. The highest BCUT2D eigenvalue weighted by Crippen LogP contribution is 2.39. The summed E-state index contributed by atoms with van der Waals surface area (Å²) in [4.78, 5) is 25.4. The SMILES string of the molecule is CCC(CC)Nc1cc(C(=O)O)ccc1N1C(=O)CCC1(CN)CO. The molecule has 1 aliphatic heterocycles. The Balaban J connectivity index is 2.54. The number of benzene rings is 1. The van der Waals surface area contributed by atoms with Crippen molar-refractivity contribution in [3.05, 3.63) is 23.8 Å². The minimum Gasteiger partial charge on any atom is -0.478 e. The number of anilines is 2. The fourth-order valence-electron chi connectivity index (χ4n) is 3.32. The molecule has 0 spiro atoms. The number of nitrogens with two attached hydrogens (primary N) is 1. The predicted octanol–water partition coefficient (Wildman–Crippen LogP) is 1.80. The normalized spacial score (nSPS) is 20.4. The van der Waals surface area contributed by atoms with E-state index in [1.807, 2.05) is 13.8 Å². The van der Waals surface area contributed by atoms with Gasteiger partial charge in [-0.3, -0.25) is 4.79 Å². The smallest absolute Gasteiger partial charge is 0.335 e. The third kappa shape index (κ3) is 3.62. The van der Waals surface area contributed by atoms with Gasteiger partial charge in [-0.2, -0.15) is 0 Å². The molecule has 1 atom stereocenters. The summed E-state index contributed by atoms with van der Waals surface area (Å²) in [7, 11) is 0. The Morgan fingerprint density at radius 2 is 2.08 bits per heavy atom. The molecule has 0 radical (unpaired) electrons. The largest absolute Gasteiger partial charge is 0.478 e. The lowest BCUT2D eigenvalue weighted by atomic mass is 9.96. The average Bonchev–Trinajstić information content (AvgIpc) is 2.96. The summed E-state index contributed by atoms with van der Waals surface area (Å²) in [6, 6.07) is 4.79. The molecule has 0 saturated carbocycles. The van der Waals surface area contributed by atoms with E-state index in [-0.39, 0.29) is 30.7 Å². The summed E-state index contributed by atoms with van der Waals surface area (Å²) in [6.07, 6.45) is 2.51. The number of rotatable bonds is 8. The molecule has 7 heteroatoms. The van der Waals surface area contributed by atoms with E-state index < -0.39 is 11.5 Å². The number of carboxylic acids is 1. The monoisotopic (exact) mass is 349 g/mol. The summed E-state index contributed by atoms with van der Waals surface area (Å²) in [5.74, 6) is -1.14. The van der Waals surface area contributed by atoms with Gasteiger partial charge in [0.25, 0.3) is 0 Å². The Labute approximate surface area is 147 Å². The highest BCUT2D eigenvalue weighted by molar-refractivity contribution is 6.01. The van der Waals surface area contributed by atoms with Crippen LogP contribution in [0, 0.1) is 0 Å². The molecule has 1 amide bonds. The lowest BCUT2D eigenvalue weighted by molar-refractivity contribution is -0.117. The van der Waals surface area contributed by atoms with E-state index in [0.29, 0.717) is 24.2 Å². The number of carbonyl (C=O) groups is 2. The number of hydrogen-bond acceptors (Lipinski definition) is 5. The van der Waals surface area contributed by atoms with Crippen LogP contribution in [-0.4, -0.2) is 46.8 Å². The molecule has 2 rings (SSSR count). The van der Waals surface area contributed by atoms with Crippen molar-refractivity contribution < 1.29 is 19.8 Å². The van der Waals surface area contributed by atoms with Crippen LogP contribution in [0.15, 0.2) is 18.2 Å². The topological polar surface area (TPSA) is 116 Å². The van der Waals surface area contributed by atoms with Gasteiger partial charge in [0.2, 0.25) is 5.91 Å². The number of nitrogens with one attached hydrogen (secondary N) is 1. The van der Waals surface area contributed by atoms with Crippen molar-refractivity contribution in [2.45, 2.75) is 51.1 Å². The molecule has 1 fully saturated rings. The molecule has 138 valence electrons. The predicted molar refractivity (Wildman–Crippen MR) is 97.0 cm³/mol. The fourth-order valence-corrected chi connectivity index (χ4v) is 3.32. The Hall–Kier alpha value is -2.12. The number of carboxylic acid groups (broad SMARTS) is 1. The number of aromatic carboxylic acids is 1. The fraction of sp³-hybridized carbons (Fsp3) is 0.556. The van der Waals surface area contributed by atoms with Crippen LogP contribution >= 0.6 is 0 Å². The molecule has 25 heavy (non-hydrogen) atoms. The number of aliphatic hydroxyl groups excluding tert-OH is 1. The molecule has 1 unspecified atom stereocenters. The second-order valence-electron chi connectivity index (χ2n) is 6.51. The van der Waals surface area contributed by atoms with Gasteiger partial charge in [0, 0.05) is 19.0 Å². The molecule has 1 heterocycles. The van der Waals surface area contributed by atoms with Gasteiger partial charge in [-0.05, 0) is 37.5 Å². The second-order valence-corrected chi connectivity index (χ2v) is 6.51. The lowest BCUT2D eigenvalue weighted by Gasteiger charge is -2.37. The van der Waals surface area contributed by atoms with Crippen LogP contribution in [0.25, 0.3) is 0 Å². The van der Waals surface area contributed by atoms with Crippen molar-refractivity contribution >= 4 is 23.3 Å². The quantitative estimate of drug-likeness (QED) is 0.569. The maximum Gasteiger partial charge on any atom is 0.335 e. The van der Waals surface area contributed by atoms with Crippen LogP contribution in [0.3, 0.4) is 0 Å². The summed E-state index contributed by atoms with van der Waals surface area (Å²) in [5, 5.41) is 22.5. The number of carbonyl (C=O) groups excluding carboxylic acids is 1. The van der Waals surface area contributed by atoms with Gasteiger partial charge in [0.15, 0.2) is 0 Å². The van der Waals surface area contributed by atoms with E-state index in [0.717, 1.165) is 12.8 Å². The zero-order chi connectivity index (χ0) is 18.6. The summed E-state index contributed by atoms with van der Waals surface area (Å²) < 4.78 is 0. The van der Waals surface area contributed by atoms with E-state index >= 15 is 0 Å². The maximum atomic E-state index is 12.5. The van der Waals surface area contributed by atoms with Crippen LogP contribution in [0.1, 0.15) is 49.9 Å². The van der Waals surface area contributed by atoms with Crippen molar-refractivity contribution in [3.8, 4) is 0 Å². The van der Waals surface area contributed by atoms with Crippen molar-refractivity contribution in [1.29, 1.82) is 0 Å². The molecule has 1 saturated heterocycles. The number of hydrogen-bond donors (Lipinski definition) is 4. The highest BCUT2D eigenvalue weighted by atomic mass is 16.4. The molecule has 1 aromatic rings. The van der Waals surface area contributed by atoms with E-state index in [2.05, 4.69) is 5.32 Å². The molecule has 7 nitrogen and oxygen atoms in total. The third-order valence-corrected chi connectivity index (χ3v) is 5.03. The average molecular weight is 349 g/mol. The van der Waals surface area contributed by atoms with Crippen LogP contribution in [0.2, 0.25) is 0 Å². The molecule has 1 aliphatic rings. The van der Waals surface area contributed by atoms with E-state index in [4.69, 9.17) is 5.73 Å². The van der Waals surface area contributed by atoms with Gasteiger partial charge in [-0.25, -0.2) is 4.79 Å². The lowest BCUT2D eigenvalue weighted by Crippen LogP contribution is -2.54. The number of amides is 1. The minimum atomic E-state index is -1.03. The van der Waals surface area contributed by atoms with Crippen LogP contribution in [0.5, 0.6) is 0 Å². The van der Waals surface area contributed by atoms with Gasteiger partial charge < -0.3 is 26.2 Å².